The number of hydrogen-bond acceptors (Lipinski definition) is 6. The number of hydroxylamine groups is 2. The monoisotopic (exact) mass is 298 g/mol. The van der Waals surface area contributed by atoms with Gasteiger partial charge < -0.3 is 9.74 Å². The Bertz CT molecular complexity index is 482. The molecule has 0 aromatic carbocycles. The molecule has 1 aliphatic heterocycles. The molecule has 0 spiro atoms. The van der Waals surface area contributed by atoms with Crippen LogP contribution in [0.5, 0.6) is 0 Å². The Morgan fingerprint density at radius 3 is 2.45 bits per heavy atom. The predicted molar refractivity (Wildman–Crippen MR) is 76.4 cm³/mol. The highest BCUT2D eigenvalue weighted by atomic mass is 35.5. The number of nitrogens with zero attached hydrogens (tertiary/aromatic N) is 4. The second kappa shape index (κ2) is 5.93. The van der Waals surface area contributed by atoms with E-state index in [9.17, 15) is 4.79 Å². The minimum atomic E-state index is -0.489. The lowest BCUT2D eigenvalue weighted by molar-refractivity contribution is -0.201. The number of halogens is 1. The molecule has 0 radical (unpaired) electrons. The van der Waals surface area contributed by atoms with E-state index in [2.05, 4.69) is 14.9 Å². The fourth-order valence-electron chi connectivity index (χ4n) is 1.76. The normalized spacial score (nSPS) is 17.1. The Labute approximate surface area is 123 Å². The molecule has 0 unspecified atom stereocenters. The van der Waals surface area contributed by atoms with Crippen LogP contribution >= 0.6 is 11.6 Å². The van der Waals surface area contributed by atoms with Gasteiger partial charge >= 0.3 is 5.97 Å². The number of anilines is 1. The molecular formula is C13H19ClN4O2. The zero-order valence-electron chi connectivity index (χ0n) is 12.0. The Morgan fingerprint density at radius 1 is 1.25 bits per heavy atom. The van der Waals surface area contributed by atoms with Crippen molar-refractivity contribution >= 4 is 23.4 Å². The average molecular weight is 299 g/mol. The van der Waals surface area contributed by atoms with Gasteiger partial charge in [0.1, 0.15) is 17.3 Å². The zero-order chi connectivity index (χ0) is 14.8. The van der Waals surface area contributed by atoms with Crippen LogP contribution in [0.2, 0.25) is 5.15 Å². The van der Waals surface area contributed by atoms with Gasteiger partial charge in [0, 0.05) is 19.2 Å². The molecular weight excluding hydrogens is 280 g/mol. The topological polar surface area (TPSA) is 58.6 Å². The molecule has 0 bridgehead atoms. The first kappa shape index (κ1) is 15.0. The van der Waals surface area contributed by atoms with E-state index in [-0.39, 0.29) is 5.97 Å². The van der Waals surface area contributed by atoms with Crippen LogP contribution in [0.25, 0.3) is 0 Å². The van der Waals surface area contributed by atoms with E-state index in [1.165, 1.54) is 6.33 Å². The largest absolute Gasteiger partial charge is 0.367 e. The second-order valence-corrected chi connectivity index (χ2v) is 6.13. The molecule has 1 fully saturated rings. The van der Waals surface area contributed by atoms with Crippen molar-refractivity contribution in [2.24, 2.45) is 5.41 Å². The molecule has 110 valence electrons. The number of piperazine rings is 1. The Balaban J connectivity index is 1.88. The summed E-state index contributed by atoms with van der Waals surface area (Å²) in [4.78, 5) is 27.3. The molecule has 2 heterocycles. The first-order valence-electron chi connectivity index (χ1n) is 6.56. The highest BCUT2D eigenvalue weighted by Crippen LogP contribution is 2.19. The van der Waals surface area contributed by atoms with Crippen molar-refractivity contribution in [1.82, 2.24) is 15.0 Å². The van der Waals surface area contributed by atoms with Gasteiger partial charge in [0.25, 0.3) is 0 Å². The smallest absolute Gasteiger partial charge is 0.330 e. The summed E-state index contributed by atoms with van der Waals surface area (Å²) >= 11 is 5.85. The molecule has 1 aromatic rings. The van der Waals surface area contributed by atoms with Crippen molar-refractivity contribution in [2.75, 3.05) is 31.1 Å². The lowest BCUT2D eigenvalue weighted by Gasteiger charge is -2.35. The van der Waals surface area contributed by atoms with Crippen LogP contribution in [0, 0.1) is 5.41 Å². The molecule has 0 amide bonds. The maximum absolute atomic E-state index is 11.8. The molecule has 0 aliphatic carbocycles. The van der Waals surface area contributed by atoms with Crippen LogP contribution in [0.4, 0.5) is 5.82 Å². The summed E-state index contributed by atoms with van der Waals surface area (Å²) in [6, 6.07) is 1.73. The second-order valence-electron chi connectivity index (χ2n) is 5.74. The highest BCUT2D eigenvalue weighted by Gasteiger charge is 2.28. The van der Waals surface area contributed by atoms with Gasteiger partial charge in [0.15, 0.2) is 0 Å². The quantitative estimate of drug-likeness (QED) is 0.776. The summed E-state index contributed by atoms with van der Waals surface area (Å²) in [7, 11) is 0. The van der Waals surface area contributed by atoms with Crippen molar-refractivity contribution in [3.05, 3.63) is 17.5 Å². The fourth-order valence-corrected chi connectivity index (χ4v) is 1.90. The number of carbonyl (C=O) groups excluding carboxylic acids is 1. The summed E-state index contributed by atoms with van der Waals surface area (Å²) < 4.78 is 0. The van der Waals surface area contributed by atoms with E-state index in [0.717, 1.165) is 18.9 Å². The van der Waals surface area contributed by atoms with Gasteiger partial charge in [-0.25, -0.2) is 14.8 Å². The highest BCUT2D eigenvalue weighted by molar-refractivity contribution is 6.29. The van der Waals surface area contributed by atoms with Gasteiger partial charge in [-0.2, -0.15) is 0 Å². The summed E-state index contributed by atoms with van der Waals surface area (Å²) in [6.45, 7) is 8.26. The molecule has 6 nitrogen and oxygen atoms in total. The SMILES string of the molecule is CC(C)(C)C(=O)ON1CCN(c2cc(Cl)ncn2)CC1. The van der Waals surface area contributed by atoms with Crippen molar-refractivity contribution in [2.45, 2.75) is 20.8 Å². The Morgan fingerprint density at radius 2 is 1.90 bits per heavy atom. The Kier molecular flexibility index (Phi) is 4.45. The average Bonchev–Trinajstić information content (AvgIpc) is 2.38. The fraction of sp³-hybridized carbons (Fsp3) is 0.615. The van der Waals surface area contributed by atoms with Crippen molar-refractivity contribution < 1.29 is 9.63 Å². The number of carbonyl (C=O) groups is 1. The molecule has 0 saturated carbocycles. The molecule has 20 heavy (non-hydrogen) atoms. The van der Waals surface area contributed by atoms with E-state index in [1.54, 1.807) is 11.1 Å². The molecule has 2 rings (SSSR count). The third kappa shape index (κ3) is 3.80. The third-order valence-electron chi connectivity index (χ3n) is 3.01. The van der Waals surface area contributed by atoms with E-state index < -0.39 is 5.41 Å². The molecule has 1 aliphatic rings. The zero-order valence-corrected chi connectivity index (χ0v) is 12.7. The summed E-state index contributed by atoms with van der Waals surface area (Å²) in [6.07, 6.45) is 1.45. The summed E-state index contributed by atoms with van der Waals surface area (Å²) in [5.74, 6) is 0.586. The van der Waals surface area contributed by atoms with Crippen molar-refractivity contribution in [3.63, 3.8) is 0 Å². The van der Waals surface area contributed by atoms with Crippen LogP contribution in [-0.4, -0.2) is 47.2 Å². The standard InChI is InChI=1S/C13H19ClN4O2/c1-13(2,3)12(19)20-18-6-4-17(5-7-18)11-8-10(14)15-9-16-11/h8-9H,4-7H2,1-3H3. The third-order valence-corrected chi connectivity index (χ3v) is 3.21. The van der Waals surface area contributed by atoms with Gasteiger partial charge in [0.05, 0.1) is 18.5 Å². The van der Waals surface area contributed by atoms with E-state index in [4.69, 9.17) is 16.4 Å². The first-order valence-corrected chi connectivity index (χ1v) is 6.94. The Hall–Kier alpha value is -1.40. The molecule has 0 N–H and O–H groups in total. The van der Waals surface area contributed by atoms with E-state index >= 15 is 0 Å². The van der Waals surface area contributed by atoms with Crippen LogP contribution in [0.15, 0.2) is 12.4 Å². The lowest BCUT2D eigenvalue weighted by Crippen LogP contribution is -2.48. The number of rotatable bonds is 2. The van der Waals surface area contributed by atoms with Crippen LogP contribution < -0.4 is 4.90 Å². The van der Waals surface area contributed by atoms with Gasteiger partial charge in [-0.15, -0.1) is 5.06 Å². The molecule has 7 heteroatoms. The minimum Gasteiger partial charge on any atom is -0.367 e. The van der Waals surface area contributed by atoms with Crippen LogP contribution in [-0.2, 0) is 9.63 Å². The van der Waals surface area contributed by atoms with Gasteiger partial charge in [-0.3, -0.25) is 0 Å². The molecule has 1 saturated heterocycles. The van der Waals surface area contributed by atoms with Crippen LogP contribution in [0.3, 0.4) is 0 Å². The molecule has 1 aromatic heterocycles. The first-order chi connectivity index (χ1) is 9.36. The maximum Gasteiger partial charge on any atom is 0.330 e. The number of hydrogen-bond donors (Lipinski definition) is 0. The summed E-state index contributed by atoms with van der Waals surface area (Å²) in [5, 5.41) is 2.13. The van der Waals surface area contributed by atoms with Gasteiger partial charge in [0.2, 0.25) is 0 Å². The predicted octanol–water partition coefficient (Wildman–Crippen LogP) is 1.76. The van der Waals surface area contributed by atoms with E-state index in [1.807, 2.05) is 20.8 Å². The van der Waals surface area contributed by atoms with Gasteiger partial charge in [-0.1, -0.05) is 11.6 Å². The minimum absolute atomic E-state index is 0.212. The van der Waals surface area contributed by atoms with Gasteiger partial charge in [-0.05, 0) is 20.8 Å². The molecule has 0 atom stereocenters. The maximum atomic E-state index is 11.8. The van der Waals surface area contributed by atoms with Crippen molar-refractivity contribution in [3.8, 4) is 0 Å². The van der Waals surface area contributed by atoms with Crippen molar-refractivity contribution in [1.29, 1.82) is 0 Å². The van der Waals surface area contributed by atoms with Crippen LogP contribution in [0.1, 0.15) is 20.8 Å². The van der Waals surface area contributed by atoms with E-state index in [0.29, 0.717) is 18.2 Å². The lowest BCUT2D eigenvalue weighted by atomic mass is 9.98. The summed E-state index contributed by atoms with van der Waals surface area (Å²) in [5.41, 5.74) is -0.489. The number of aromatic nitrogens is 2.